The van der Waals surface area contributed by atoms with Gasteiger partial charge in [0, 0.05) is 30.7 Å². The molecular formula is C17H19N5O2. The van der Waals surface area contributed by atoms with E-state index in [9.17, 15) is 4.79 Å². The molecule has 24 heavy (non-hydrogen) atoms. The van der Waals surface area contributed by atoms with E-state index in [0.29, 0.717) is 29.1 Å². The van der Waals surface area contributed by atoms with Gasteiger partial charge in [0.25, 0.3) is 5.91 Å². The Morgan fingerprint density at radius 2 is 1.96 bits per heavy atom. The van der Waals surface area contributed by atoms with Crippen LogP contribution >= 0.6 is 0 Å². The maximum atomic E-state index is 12.4. The number of rotatable bonds is 5. The van der Waals surface area contributed by atoms with Crippen LogP contribution in [0.25, 0.3) is 11.5 Å². The van der Waals surface area contributed by atoms with E-state index in [1.165, 1.54) is 0 Å². The number of aryl methyl sites for hydroxylation is 1. The molecule has 0 aliphatic rings. The number of nitrogens with one attached hydrogen (secondary N) is 1. The number of hydrogen-bond donors (Lipinski definition) is 1. The van der Waals surface area contributed by atoms with Gasteiger partial charge in [0.05, 0.1) is 6.20 Å². The topological polar surface area (TPSA) is 85.8 Å². The van der Waals surface area contributed by atoms with E-state index in [-0.39, 0.29) is 5.91 Å². The van der Waals surface area contributed by atoms with Crippen LogP contribution in [0.15, 0.2) is 40.9 Å². The van der Waals surface area contributed by atoms with Crippen molar-refractivity contribution in [3.05, 3.63) is 48.0 Å². The highest BCUT2D eigenvalue weighted by Crippen LogP contribution is 2.19. The molecule has 3 aromatic rings. The quantitative estimate of drug-likeness (QED) is 0.779. The first kappa shape index (κ1) is 15.9. The fourth-order valence-electron chi connectivity index (χ4n) is 2.30. The molecule has 1 aromatic carbocycles. The van der Waals surface area contributed by atoms with Crippen LogP contribution in [-0.2, 0) is 6.54 Å². The fraction of sp³-hybridized carbons (Fsp3) is 0.294. The van der Waals surface area contributed by atoms with Gasteiger partial charge in [-0.15, -0.1) is 10.2 Å². The molecule has 0 radical (unpaired) electrons. The lowest BCUT2D eigenvalue weighted by Crippen LogP contribution is -2.17. The number of benzene rings is 1. The Bertz CT molecular complexity index is 833. The number of carbonyl (C=O) groups is 1. The zero-order valence-electron chi connectivity index (χ0n) is 13.9. The molecule has 0 fully saturated rings. The molecule has 2 aromatic heterocycles. The standard InChI is InChI=1S/C17H19N5O2/c1-11(2)10-22-15(8-9-18-22)19-16(23)13-4-6-14(7-5-13)17-21-20-12(3)24-17/h4-9,11H,10H2,1-3H3,(H,19,23). The van der Waals surface area contributed by atoms with Crippen molar-refractivity contribution >= 4 is 11.7 Å². The molecule has 124 valence electrons. The van der Waals surface area contributed by atoms with Crippen LogP contribution in [0.2, 0.25) is 0 Å². The number of amides is 1. The van der Waals surface area contributed by atoms with Gasteiger partial charge in [-0.05, 0) is 30.2 Å². The van der Waals surface area contributed by atoms with E-state index in [2.05, 4.69) is 34.5 Å². The largest absolute Gasteiger partial charge is 0.421 e. The number of aromatic nitrogens is 4. The monoisotopic (exact) mass is 325 g/mol. The van der Waals surface area contributed by atoms with Crippen molar-refractivity contribution in [3.63, 3.8) is 0 Å². The van der Waals surface area contributed by atoms with Crippen LogP contribution in [0, 0.1) is 12.8 Å². The number of hydrogen-bond acceptors (Lipinski definition) is 5. The summed E-state index contributed by atoms with van der Waals surface area (Å²) in [5, 5.41) is 14.9. The third kappa shape index (κ3) is 3.51. The summed E-state index contributed by atoms with van der Waals surface area (Å²) in [6.45, 7) is 6.69. The van der Waals surface area contributed by atoms with Gasteiger partial charge >= 0.3 is 0 Å². The Kier molecular flexibility index (Phi) is 4.41. The Hall–Kier alpha value is -2.96. The van der Waals surface area contributed by atoms with Crippen LogP contribution in [-0.4, -0.2) is 25.9 Å². The lowest BCUT2D eigenvalue weighted by molar-refractivity contribution is 0.102. The van der Waals surface area contributed by atoms with Gasteiger partial charge in [0.1, 0.15) is 5.82 Å². The first-order chi connectivity index (χ1) is 11.5. The van der Waals surface area contributed by atoms with Gasteiger partial charge in [0.15, 0.2) is 0 Å². The second-order valence-corrected chi connectivity index (χ2v) is 5.95. The predicted octanol–water partition coefficient (Wildman–Crippen LogP) is 3.15. The molecule has 0 aliphatic heterocycles. The zero-order chi connectivity index (χ0) is 17.1. The molecule has 0 spiro atoms. The summed E-state index contributed by atoms with van der Waals surface area (Å²) in [7, 11) is 0. The minimum absolute atomic E-state index is 0.186. The van der Waals surface area contributed by atoms with Crippen LogP contribution in [0.5, 0.6) is 0 Å². The number of nitrogens with zero attached hydrogens (tertiary/aromatic N) is 4. The third-order valence-corrected chi connectivity index (χ3v) is 3.42. The normalized spacial score (nSPS) is 11.0. The smallest absolute Gasteiger partial charge is 0.256 e. The molecule has 2 heterocycles. The van der Waals surface area contributed by atoms with E-state index in [4.69, 9.17) is 4.42 Å². The summed E-state index contributed by atoms with van der Waals surface area (Å²) in [6.07, 6.45) is 1.68. The van der Waals surface area contributed by atoms with Crippen molar-refractivity contribution in [2.45, 2.75) is 27.3 Å². The molecule has 3 rings (SSSR count). The Morgan fingerprint density at radius 1 is 1.21 bits per heavy atom. The molecule has 7 heteroatoms. The molecule has 0 unspecified atom stereocenters. The van der Waals surface area contributed by atoms with E-state index in [0.717, 1.165) is 12.1 Å². The van der Waals surface area contributed by atoms with Crippen LogP contribution in [0.4, 0.5) is 5.82 Å². The highest BCUT2D eigenvalue weighted by atomic mass is 16.4. The van der Waals surface area contributed by atoms with Crippen molar-refractivity contribution in [1.82, 2.24) is 20.0 Å². The Labute approximate surface area is 139 Å². The lowest BCUT2D eigenvalue weighted by Gasteiger charge is -2.11. The Balaban J connectivity index is 1.73. The van der Waals surface area contributed by atoms with Crippen LogP contribution in [0.1, 0.15) is 30.1 Å². The summed E-state index contributed by atoms with van der Waals surface area (Å²) < 4.78 is 7.16. The zero-order valence-corrected chi connectivity index (χ0v) is 13.9. The highest BCUT2D eigenvalue weighted by molar-refractivity contribution is 6.04. The lowest BCUT2D eigenvalue weighted by atomic mass is 10.1. The molecule has 0 atom stereocenters. The molecule has 1 amide bonds. The third-order valence-electron chi connectivity index (χ3n) is 3.42. The molecule has 0 saturated carbocycles. The van der Waals surface area contributed by atoms with Gasteiger partial charge in [-0.25, -0.2) is 4.68 Å². The van der Waals surface area contributed by atoms with Gasteiger partial charge < -0.3 is 9.73 Å². The van der Waals surface area contributed by atoms with Gasteiger partial charge in [-0.2, -0.15) is 5.10 Å². The summed E-state index contributed by atoms with van der Waals surface area (Å²) in [6, 6.07) is 8.82. The SMILES string of the molecule is Cc1nnc(-c2ccc(C(=O)Nc3ccnn3CC(C)C)cc2)o1. The van der Waals surface area contributed by atoms with Gasteiger partial charge in [-0.3, -0.25) is 4.79 Å². The first-order valence-corrected chi connectivity index (χ1v) is 7.76. The maximum Gasteiger partial charge on any atom is 0.256 e. The van der Waals surface area contributed by atoms with Crippen molar-refractivity contribution < 1.29 is 9.21 Å². The van der Waals surface area contributed by atoms with E-state index in [1.54, 1.807) is 48.1 Å². The van der Waals surface area contributed by atoms with Gasteiger partial charge in [0.2, 0.25) is 11.8 Å². The average Bonchev–Trinajstić information content (AvgIpc) is 3.16. The molecule has 0 saturated heterocycles. The first-order valence-electron chi connectivity index (χ1n) is 7.76. The van der Waals surface area contributed by atoms with E-state index < -0.39 is 0 Å². The number of carbonyl (C=O) groups excluding carboxylic acids is 1. The average molecular weight is 325 g/mol. The predicted molar refractivity (Wildman–Crippen MR) is 89.5 cm³/mol. The minimum atomic E-state index is -0.186. The number of anilines is 1. The molecule has 0 aliphatic carbocycles. The fourth-order valence-corrected chi connectivity index (χ4v) is 2.30. The van der Waals surface area contributed by atoms with Crippen molar-refractivity contribution in [3.8, 4) is 11.5 Å². The second kappa shape index (κ2) is 6.66. The molecular weight excluding hydrogens is 306 g/mol. The summed E-state index contributed by atoms with van der Waals surface area (Å²) in [5.41, 5.74) is 1.32. The van der Waals surface area contributed by atoms with Gasteiger partial charge in [-0.1, -0.05) is 13.8 Å². The van der Waals surface area contributed by atoms with Crippen molar-refractivity contribution in [2.75, 3.05) is 5.32 Å². The highest BCUT2D eigenvalue weighted by Gasteiger charge is 2.12. The maximum absolute atomic E-state index is 12.4. The van der Waals surface area contributed by atoms with E-state index in [1.807, 2.05) is 0 Å². The summed E-state index contributed by atoms with van der Waals surface area (Å²) >= 11 is 0. The van der Waals surface area contributed by atoms with Crippen LogP contribution in [0.3, 0.4) is 0 Å². The van der Waals surface area contributed by atoms with E-state index >= 15 is 0 Å². The minimum Gasteiger partial charge on any atom is -0.421 e. The van der Waals surface area contributed by atoms with Crippen molar-refractivity contribution in [2.24, 2.45) is 5.92 Å². The summed E-state index contributed by atoms with van der Waals surface area (Å²) in [5.74, 6) is 1.89. The molecule has 7 nitrogen and oxygen atoms in total. The summed E-state index contributed by atoms with van der Waals surface area (Å²) in [4.78, 5) is 12.4. The Morgan fingerprint density at radius 3 is 2.58 bits per heavy atom. The second-order valence-electron chi connectivity index (χ2n) is 5.95. The van der Waals surface area contributed by atoms with Crippen molar-refractivity contribution in [1.29, 1.82) is 0 Å². The molecule has 0 bridgehead atoms. The molecule has 1 N–H and O–H groups in total. The van der Waals surface area contributed by atoms with Crippen LogP contribution < -0.4 is 5.32 Å².